The second kappa shape index (κ2) is 7.62. The second-order valence-electron chi connectivity index (χ2n) is 7.25. The van der Waals surface area contributed by atoms with Crippen LogP contribution in [0.2, 0.25) is 0 Å². The van der Waals surface area contributed by atoms with E-state index in [9.17, 15) is 19.1 Å². The number of aryl methyl sites for hydroxylation is 1. The number of aromatic hydroxyl groups is 1. The highest BCUT2D eigenvalue weighted by molar-refractivity contribution is 6.07. The Morgan fingerprint density at radius 2 is 2.13 bits per heavy atom. The fourth-order valence-corrected chi connectivity index (χ4v) is 3.67. The molecule has 1 atom stereocenters. The predicted octanol–water partition coefficient (Wildman–Crippen LogP) is 3.35. The van der Waals surface area contributed by atoms with Crippen molar-refractivity contribution in [2.75, 3.05) is 6.61 Å². The van der Waals surface area contributed by atoms with Gasteiger partial charge in [-0.05, 0) is 49.1 Å². The molecule has 2 N–H and O–H groups in total. The first-order valence-electron chi connectivity index (χ1n) is 9.38. The number of hydrazone groups is 1. The summed E-state index contributed by atoms with van der Waals surface area (Å²) >= 11 is 0. The molecule has 0 spiro atoms. The maximum Gasteiger partial charge on any atom is 0.336 e. The third kappa shape index (κ3) is 3.63. The molecule has 154 valence electrons. The van der Waals surface area contributed by atoms with E-state index < -0.39 is 17.3 Å². The third-order valence-corrected chi connectivity index (χ3v) is 5.06. The minimum Gasteiger partial charge on any atom is -0.507 e. The molecule has 0 saturated carbocycles. The van der Waals surface area contributed by atoms with Gasteiger partial charge >= 0.3 is 5.63 Å². The van der Waals surface area contributed by atoms with Crippen LogP contribution in [0.15, 0.2) is 50.7 Å². The van der Waals surface area contributed by atoms with Crippen molar-refractivity contribution in [1.29, 1.82) is 0 Å². The number of rotatable bonds is 4. The summed E-state index contributed by atoms with van der Waals surface area (Å²) in [6, 6.07) is 8.85. The van der Waals surface area contributed by atoms with Crippen LogP contribution < -0.4 is 15.8 Å². The van der Waals surface area contributed by atoms with E-state index in [2.05, 4.69) is 10.5 Å². The lowest BCUT2D eigenvalue weighted by Gasteiger charge is -2.08. The lowest BCUT2D eigenvalue weighted by atomic mass is 10.0. The molecule has 1 heterocycles. The van der Waals surface area contributed by atoms with Crippen LogP contribution in [-0.4, -0.2) is 23.3 Å². The Labute approximate surface area is 170 Å². The zero-order chi connectivity index (χ0) is 21.4. The highest BCUT2D eigenvalue weighted by atomic mass is 19.1. The number of hydrogen-bond acceptors (Lipinski definition) is 6. The molecule has 3 aromatic rings. The summed E-state index contributed by atoms with van der Waals surface area (Å²) in [6.07, 6.45) is 0.397. The zero-order valence-corrected chi connectivity index (χ0v) is 16.4. The van der Waals surface area contributed by atoms with Gasteiger partial charge in [-0.2, -0.15) is 5.10 Å². The molecule has 0 radical (unpaired) electrons. The van der Waals surface area contributed by atoms with Crippen LogP contribution in [0.4, 0.5) is 4.39 Å². The number of phenols is 1. The number of nitrogens with one attached hydrogen (secondary N) is 1. The number of carbonyl (C=O) groups is 1. The quantitative estimate of drug-likeness (QED) is 0.507. The fraction of sp³-hybridized carbons (Fsp3) is 0.227. The maximum atomic E-state index is 14.1. The molecule has 1 aliphatic carbocycles. The Balaban J connectivity index is 1.45. The first kappa shape index (κ1) is 19.6. The number of hydrogen-bond donors (Lipinski definition) is 2. The van der Waals surface area contributed by atoms with Gasteiger partial charge in [0.15, 0.2) is 6.61 Å². The van der Waals surface area contributed by atoms with Crippen molar-refractivity contribution >= 4 is 22.6 Å². The van der Waals surface area contributed by atoms with E-state index in [0.717, 1.165) is 10.9 Å². The smallest absolute Gasteiger partial charge is 0.336 e. The van der Waals surface area contributed by atoms with Gasteiger partial charge in [0.1, 0.15) is 22.9 Å². The first-order chi connectivity index (χ1) is 14.3. The van der Waals surface area contributed by atoms with Crippen molar-refractivity contribution < 1.29 is 23.4 Å². The Kier molecular flexibility index (Phi) is 4.99. The minimum absolute atomic E-state index is 0.0760. The molecular weight excluding hydrogens is 391 g/mol. The van der Waals surface area contributed by atoms with Crippen LogP contribution in [0, 0.1) is 12.7 Å². The van der Waals surface area contributed by atoms with Crippen molar-refractivity contribution in [2.24, 2.45) is 5.10 Å². The normalized spacial score (nSPS) is 16.6. The number of ether oxygens (including phenoxy) is 1. The molecule has 8 heteroatoms. The number of benzene rings is 2. The summed E-state index contributed by atoms with van der Waals surface area (Å²) < 4.78 is 24.7. The largest absolute Gasteiger partial charge is 0.507 e. The summed E-state index contributed by atoms with van der Waals surface area (Å²) in [5.74, 6) is -0.806. The molecule has 0 aliphatic heterocycles. The third-order valence-electron chi connectivity index (χ3n) is 5.06. The first-order valence-corrected chi connectivity index (χ1v) is 9.38. The number of halogens is 1. The minimum atomic E-state index is -0.523. The monoisotopic (exact) mass is 410 g/mol. The lowest BCUT2D eigenvalue weighted by molar-refractivity contribution is -0.123. The van der Waals surface area contributed by atoms with E-state index in [1.165, 1.54) is 18.2 Å². The van der Waals surface area contributed by atoms with Crippen molar-refractivity contribution in [3.05, 3.63) is 69.3 Å². The summed E-state index contributed by atoms with van der Waals surface area (Å²) in [6.45, 7) is 3.31. The van der Waals surface area contributed by atoms with Crippen LogP contribution >= 0.6 is 0 Å². The summed E-state index contributed by atoms with van der Waals surface area (Å²) in [5, 5.41) is 14.9. The van der Waals surface area contributed by atoms with Crippen molar-refractivity contribution in [3.63, 3.8) is 0 Å². The molecule has 1 amide bonds. The predicted molar refractivity (Wildman–Crippen MR) is 108 cm³/mol. The van der Waals surface area contributed by atoms with Gasteiger partial charge in [0, 0.05) is 28.6 Å². The Hall–Kier alpha value is -3.68. The molecule has 1 aliphatic rings. The standard InChI is InChI=1S/C22H19FN2O5/c1-11-8-20(28)30-18-9-13(3-4-14(11)18)29-10-19(27)25-24-16-7-12(2)21-15(23)5-6-17(26)22(16)21/h3-6,8-9,12,26H,7,10H2,1-2H3,(H,25,27)/b24-16+/t12-/m0/s1. The van der Waals surface area contributed by atoms with Gasteiger partial charge in [-0.1, -0.05) is 6.92 Å². The van der Waals surface area contributed by atoms with Gasteiger partial charge in [-0.3, -0.25) is 4.79 Å². The average Bonchev–Trinajstić information content (AvgIpc) is 3.04. The van der Waals surface area contributed by atoms with Crippen molar-refractivity contribution in [1.82, 2.24) is 5.43 Å². The molecule has 4 rings (SSSR count). The second-order valence-corrected chi connectivity index (χ2v) is 7.25. The molecule has 7 nitrogen and oxygen atoms in total. The Morgan fingerprint density at radius 1 is 1.33 bits per heavy atom. The molecule has 0 saturated heterocycles. The van der Waals surface area contributed by atoms with Gasteiger partial charge in [-0.25, -0.2) is 14.6 Å². The number of amides is 1. The summed E-state index contributed by atoms with van der Waals surface area (Å²) in [7, 11) is 0. The SMILES string of the molecule is Cc1cc(=O)oc2cc(OCC(=O)N/N=C3\C[C@H](C)c4c(F)ccc(O)c43)ccc12. The van der Waals surface area contributed by atoms with Crippen molar-refractivity contribution in [2.45, 2.75) is 26.2 Å². The molecular formula is C22H19FN2O5. The highest BCUT2D eigenvalue weighted by Gasteiger charge is 2.30. The summed E-state index contributed by atoms with van der Waals surface area (Å²) in [4.78, 5) is 23.7. The van der Waals surface area contributed by atoms with Gasteiger partial charge in [0.05, 0.1) is 5.71 Å². The molecule has 30 heavy (non-hydrogen) atoms. The average molecular weight is 410 g/mol. The number of nitrogens with zero attached hydrogens (tertiary/aromatic N) is 1. The van der Waals surface area contributed by atoms with Gasteiger partial charge < -0.3 is 14.3 Å². The van der Waals surface area contributed by atoms with Crippen LogP contribution in [0.1, 0.15) is 36.0 Å². The van der Waals surface area contributed by atoms with Crippen LogP contribution in [-0.2, 0) is 4.79 Å². The molecule has 1 aromatic heterocycles. The molecule has 0 fully saturated rings. The van der Waals surface area contributed by atoms with E-state index in [0.29, 0.717) is 34.6 Å². The molecule has 2 aromatic carbocycles. The van der Waals surface area contributed by atoms with Crippen LogP contribution in [0.25, 0.3) is 11.0 Å². The van der Waals surface area contributed by atoms with E-state index in [-0.39, 0.29) is 18.3 Å². The fourth-order valence-electron chi connectivity index (χ4n) is 3.67. The lowest BCUT2D eigenvalue weighted by Crippen LogP contribution is -2.25. The number of phenolic OH excluding ortho intramolecular Hbond substituents is 1. The van der Waals surface area contributed by atoms with E-state index in [4.69, 9.17) is 9.15 Å². The zero-order valence-electron chi connectivity index (χ0n) is 16.4. The van der Waals surface area contributed by atoms with Gasteiger partial charge in [0.2, 0.25) is 0 Å². The highest BCUT2D eigenvalue weighted by Crippen LogP contribution is 2.39. The van der Waals surface area contributed by atoms with E-state index in [1.54, 1.807) is 25.1 Å². The maximum absolute atomic E-state index is 14.1. The summed E-state index contributed by atoms with van der Waals surface area (Å²) in [5.41, 5.74) is 4.19. The molecule has 0 unspecified atom stereocenters. The van der Waals surface area contributed by atoms with Crippen molar-refractivity contribution in [3.8, 4) is 11.5 Å². The number of carbonyl (C=O) groups excluding carboxylic acids is 1. The van der Waals surface area contributed by atoms with Gasteiger partial charge in [-0.15, -0.1) is 0 Å². The van der Waals surface area contributed by atoms with E-state index >= 15 is 0 Å². The number of fused-ring (bicyclic) bond motifs is 2. The van der Waals surface area contributed by atoms with E-state index in [1.807, 2.05) is 6.92 Å². The van der Waals surface area contributed by atoms with Crippen LogP contribution in [0.3, 0.4) is 0 Å². The Bertz CT molecular complexity index is 1250. The van der Waals surface area contributed by atoms with Gasteiger partial charge in [0.25, 0.3) is 5.91 Å². The molecule has 0 bridgehead atoms. The van der Waals surface area contributed by atoms with Crippen LogP contribution in [0.5, 0.6) is 11.5 Å². The topological polar surface area (TPSA) is 101 Å². The Morgan fingerprint density at radius 3 is 2.93 bits per heavy atom.